The molecular weight excluding hydrogens is 434 g/mol. The Hall–Kier alpha value is -3.89. The quantitative estimate of drug-likeness (QED) is 0.185. The SMILES string of the molecule is COc1ccc(S(=O)(=O)N(C)c2cccc(/C(=C/C(=O)NO)c3cc[n+]([O-])cc3)c2)cc1. The molecule has 1 amide bonds. The second-order valence-corrected chi connectivity index (χ2v) is 8.65. The van der Waals surface area contributed by atoms with Gasteiger partial charge in [-0.3, -0.25) is 14.3 Å². The summed E-state index contributed by atoms with van der Waals surface area (Å²) in [7, 11) is -0.948. The average Bonchev–Trinajstić information content (AvgIpc) is 2.82. The number of anilines is 1. The van der Waals surface area contributed by atoms with Gasteiger partial charge in [0.2, 0.25) is 0 Å². The summed E-state index contributed by atoms with van der Waals surface area (Å²) in [4.78, 5) is 11.9. The van der Waals surface area contributed by atoms with Gasteiger partial charge in [-0.05, 0) is 53.1 Å². The first-order valence-corrected chi connectivity index (χ1v) is 10.8. The van der Waals surface area contributed by atoms with E-state index < -0.39 is 15.9 Å². The minimum Gasteiger partial charge on any atom is -0.619 e. The van der Waals surface area contributed by atoms with Crippen LogP contribution in [0.25, 0.3) is 5.57 Å². The molecule has 0 fully saturated rings. The summed E-state index contributed by atoms with van der Waals surface area (Å²) in [5, 5.41) is 20.3. The van der Waals surface area contributed by atoms with Crippen LogP contribution >= 0.6 is 0 Å². The van der Waals surface area contributed by atoms with Gasteiger partial charge in [0.05, 0.1) is 17.7 Å². The van der Waals surface area contributed by atoms with Crippen LogP contribution in [0.1, 0.15) is 11.1 Å². The molecule has 0 spiro atoms. The largest absolute Gasteiger partial charge is 0.619 e. The van der Waals surface area contributed by atoms with Crippen molar-refractivity contribution in [3.05, 3.63) is 95.5 Å². The molecule has 2 N–H and O–H groups in total. The number of ether oxygens (including phenoxy) is 1. The van der Waals surface area contributed by atoms with Crippen molar-refractivity contribution in [2.45, 2.75) is 4.90 Å². The smallest absolute Gasteiger partial charge is 0.267 e. The van der Waals surface area contributed by atoms with Crippen LogP contribution in [0.3, 0.4) is 0 Å². The fourth-order valence-electron chi connectivity index (χ4n) is 3.00. The first kappa shape index (κ1) is 22.8. The highest BCUT2D eigenvalue weighted by molar-refractivity contribution is 7.92. The van der Waals surface area contributed by atoms with Crippen LogP contribution < -0.4 is 19.3 Å². The topological polar surface area (TPSA) is 123 Å². The highest BCUT2D eigenvalue weighted by Crippen LogP contribution is 2.29. The molecule has 3 aromatic rings. The van der Waals surface area contributed by atoms with E-state index in [4.69, 9.17) is 9.94 Å². The number of sulfonamides is 1. The van der Waals surface area contributed by atoms with E-state index in [2.05, 4.69) is 0 Å². The molecule has 32 heavy (non-hydrogen) atoms. The number of amides is 1. The van der Waals surface area contributed by atoms with Crippen molar-refractivity contribution >= 4 is 27.2 Å². The molecule has 1 aromatic heterocycles. The molecule has 0 aliphatic rings. The van der Waals surface area contributed by atoms with Gasteiger partial charge in [0.25, 0.3) is 15.9 Å². The molecule has 9 nitrogen and oxygen atoms in total. The number of carbonyl (C=O) groups is 1. The molecule has 2 aromatic carbocycles. The van der Waals surface area contributed by atoms with Crippen LogP contribution in [0.4, 0.5) is 5.69 Å². The molecule has 0 bridgehead atoms. The van der Waals surface area contributed by atoms with Crippen molar-refractivity contribution < 1.29 is 27.9 Å². The summed E-state index contributed by atoms with van der Waals surface area (Å²) in [5.74, 6) is -0.240. The molecule has 0 atom stereocenters. The predicted molar refractivity (Wildman–Crippen MR) is 117 cm³/mol. The first-order valence-electron chi connectivity index (χ1n) is 9.34. The molecule has 0 unspecified atom stereocenters. The van der Waals surface area contributed by atoms with E-state index in [1.54, 1.807) is 41.9 Å². The van der Waals surface area contributed by atoms with E-state index in [0.29, 0.717) is 32.9 Å². The zero-order valence-corrected chi connectivity index (χ0v) is 18.1. The average molecular weight is 455 g/mol. The third-order valence-corrected chi connectivity index (χ3v) is 6.54. The molecule has 1 heterocycles. The summed E-state index contributed by atoms with van der Waals surface area (Å²) in [5.41, 5.74) is 3.31. The number of carbonyl (C=O) groups excluding carboxylic acids is 1. The third-order valence-electron chi connectivity index (χ3n) is 4.74. The van der Waals surface area contributed by atoms with Crippen molar-refractivity contribution in [3.8, 4) is 5.75 Å². The van der Waals surface area contributed by atoms with Gasteiger partial charge in [0.15, 0.2) is 12.4 Å². The Morgan fingerprint density at radius 3 is 2.34 bits per heavy atom. The van der Waals surface area contributed by atoms with E-state index in [1.807, 2.05) is 0 Å². The minimum atomic E-state index is -3.86. The van der Waals surface area contributed by atoms with E-state index >= 15 is 0 Å². The number of rotatable bonds is 7. The zero-order chi connectivity index (χ0) is 23.3. The van der Waals surface area contributed by atoms with Crippen LogP contribution in [-0.2, 0) is 14.8 Å². The van der Waals surface area contributed by atoms with Crippen molar-refractivity contribution in [3.63, 3.8) is 0 Å². The van der Waals surface area contributed by atoms with Gasteiger partial charge in [-0.1, -0.05) is 12.1 Å². The van der Waals surface area contributed by atoms with Crippen LogP contribution in [-0.4, -0.2) is 33.7 Å². The number of hydroxylamine groups is 1. The van der Waals surface area contributed by atoms with E-state index in [0.717, 1.165) is 10.4 Å². The zero-order valence-electron chi connectivity index (χ0n) is 17.3. The fourth-order valence-corrected chi connectivity index (χ4v) is 4.19. The number of benzene rings is 2. The van der Waals surface area contributed by atoms with E-state index in [-0.39, 0.29) is 4.90 Å². The number of pyridine rings is 1. The third kappa shape index (κ3) is 4.88. The molecule has 0 saturated carbocycles. The number of aromatic nitrogens is 1. The van der Waals surface area contributed by atoms with Gasteiger partial charge in [0, 0.05) is 25.3 Å². The highest BCUT2D eigenvalue weighted by Gasteiger charge is 2.22. The Morgan fingerprint density at radius 1 is 1.09 bits per heavy atom. The summed E-state index contributed by atoms with van der Waals surface area (Å²) in [6.07, 6.45) is 3.69. The van der Waals surface area contributed by atoms with Crippen LogP contribution in [0.5, 0.6) is 5.75 Å². The summed E-state index contributed by atoms with van der Waals surface area (Å²) >= 11 is 0. The maximum Gasteiger partial charge on any atom is 0.267 e. The first-order chi connectivity index (χ1) is 15.3. The van der Waals surface area contributed by atoms with E-state index in [1.165, 1.54) is 50.8 Å². The molecular formula is C22H21N3O6S. The minimum absolute atomic E-state index is 0.0877. The lowest BCUT2D eigenvalue weighted by Gasteiger charge is -2.21. The molecule has 0 aliphatic carbocycles. The standard InChI is InChI=1S/C22H21N3O6S/c1-24(32(29,30)20-8-6-19(31-2)7-9-20)18-5-3-4-17(14-18)21(15-22(26)23-27)16-10-12-25(28)13-11-16/h3-15,27H,1-2H3,(H,23,26)/b21-15+. The normalized spacial score (nSPS) is 11.7. The predicted octanol–water partition coefficient (Wildman–Crippen LogP) is 2.09. The lowest BCUT2D eigenvalue weighted by atomic mass is 9.98. The maximum atomic E-state index is 13.1. The van der Waals surface area contributed by atoms with Crippen LogP contribution in [0, 0.1) is 5.21 Å². The van der Waals surface area contributed by atoms with Crippen LogP contribution in [0.15, 0.2) is 84.0 Å². The lowest BCUT2D eigenvalue weighted by Crippen LogP contribution is -2.26. The molecule has 0 aliphatic heterocycles. The summed E-state index contributed by atoms with van der Waals surface area (Å²) < 4.78 is 33.0. The molecule has 3 rings (SSSR count). The fraction of sp³-hybridized carbons (Fsp3) is 0.0909. The van der Waals surface area contributed by atoms with Gasteiger partial charge in [-0.2, -0.15) is 4.73 Å². The molecule has 10 heteroatoms. The Bertz CT molecular complexity index is 1240. The number of methoxy groups -OCH3 is 1. The second-order valence-electron chi connectivity index (χ2n) is 6.68. The Kier molecular flexibility index (Phi) is 6.76. The number of nitrogens with zero attached hydrogens (tertiary/aromatic N) is 2. The lowest BCUT2D eigenvalue weighted by molar-refractivity contribution is -0.605. The van der Waals surface area contributed by atoms with Crippen LogP contribution in [0.2, 0.25) is 0 Å². The number of nitrogens with one attached hydrogen (secondary N) is 1. The van der Waals surface area contributed by atoms with Crippen molar-refractivity contribution in [1.82, 2.24) is 5.48 Å². The molecule has 0 radical (unpaired) electrons. The van der Waals surface area contributed by atoms with Gasteiger partial charge in [0.1, 0.15) is 5.75 Å². The Morgan fingerprint density at radius 2 is 1.75 bits per heavy atom. The van der Waals surface area contributed by atoms with Gasteiger partial charge in [-0.15, -0.1) is 0 Å². The summed E-state index contributed by atoms with van der Waals surface area (Å²) in [6.45, 7) is 0. The highest BCUT2D eigenvalue weighted by atomic mass is 32.2. The molecule has 166 valence electrons. The van der Waals surface area contributed by atoms with Gasteiger partial charge in [-0.25, -0.2) is 13.9 Å². The monoisotopic (exact) mass is 455 g/mol. The number of hydrogen-bond donors (Lipinski definition) is 2. The van der Waals surface area contributed by atoms with Crippen molar-refractivity contribution in [2.24, 2.45) is 0 Å². The van der Waals surface area contributed by atoms with E-state index in [9.17, 15) is 18.4 Å². The molecule has 0 saturated heterocycles. The second kappa shape index (κ2) is 9.50. The Labute approximate surface area is 185 Å². The Balaban J connectivity index is 2.03. The van der Waals surface area contributed by atoms with Gasteiger partial charge >= 0.3 is 0 Å². The van der Waals surface area contributed by atoms with Crippen molar-refractivity contribution in [1.29, 1.82) is 0 Å². The van der Waals surface area contributed by atoms with Crippen molar-refractivity contribution in [2.75, 3.05) is 18.5 Å². The van der Waals surface area contributed by atoms with Gasteiger partial charge < -0.3 is 9.94 Å². The summed E-state index contributed by atoms with van der Waals surface area (Å²) in [6, 6.07) is 15.6. The maximum absolute atomic E-state index is 13.1. The number of hydrogen-bond acceptors (Lipinski definition) is 6.